The number of benzene rings is 2. The molecule has 0 aromatic heterocycles. The van der Waals surface area contributed by atoms with Crippen LogP contribution in [0.2, 0.25) is 0 Å². The monoisotopic (exact) mass is 368 g/mol. The predicted molar refractivity (Wildman–Crippen MR) is 73.7 cm³/mol. The van der Waals surface area contributed by atoms with Gasteiger partial charge in [-0.05, 0) is 40.9 Å². The van der Waals surface area contributed by atoms with E-state index in [0.717, 1.165) is 30.3 Å². The summed E-state index contributed by atoms with van der Waals surface area (Å²) in [5.41, 5.74) is -2.06. The molecule has 2 rings (SSSR count). The second kappa shape index (κ2) is 6.35. The van der Waals surface area contributed by atoms with Gasteiger partial charge in [0.15, 0.2) is 0 Å². The molecular weight excluding hydrogens is 362 g/mol. The van der Waals surface area contributed by atoms with E-state index in [-0.39, 0.29) is 11.1 Å². The van der Waals surface area contributed by atoms with Crippen molar-refractivity contribution in [3.05, 3.63) is 53.6 Å². The van der Waals surface area contributed by atoms with Crippen molar-refractivity contribution in [3.63, 3.8) is 0 Å². The van der Waals surface area contributed by atoms with Gasteiger partial charge in [0.05, 0.1) is 11.1 Å². The van der Waals surface area contributed by atoms with E-state index < -0.39 is 34.7 Å². The molecule has 2 aromatic carbocycles. The number of carbonyl (C=O) groups excluding carboxylic acids is 1. The van der Waals surface area contributed by atoms with Crippen LogP contribution in [0.1, 0.15) is 15.9 Å². The minimum absolute atomic E-state index is 0.0830. The lowest BCUT2D eigenvalue weighted by Gasteiger charge is -2.15. The molecule has 2 nitrogen and oxygen atoms in total. The molecule has 128 valence electrons. The standard InChI is InChI=1S/C15H7ClF6O2/c16-13(23)12-10(2-1-3-11(12)14(17,18)19)8-4-6-9(7-5-8)24-15(20,21)22/h1-7H. The zero-order valence-corrected chi connectivity index (χ0v) is 12.3. The molecule has 0 aliphatic rings. The first-order chi connectivity index (χ1) is 11.0. The molecule has 0 heterocycles. The second-order valence-electron chi connectivity index (χ2n) is 4.57. The number of alkyl halides is 6. The average Bonchev–Trinajstić information content (AvgIpc) is 2.44. The van der Waals surface area contributed by atoms with Crippen molar-refractivity contribution in [3.8, 4) is 16.9 Å². The molecule has 0 spiro atoms. The molecule has 0 aliphatic carbocycles. The number of ether oxygens (including phenoxy) is 1. The van der Waals surface area contributed by atoms with E-state index >= 15 is 0 Å². The Balaban J connectivity index is 2.51. The normalized spacial score (nSPS) is 12.1. The SMILES string of the molecule is O=C(Cl)c1c(-c2ccc(OC(F)(F)F)cc2)cccc1C(F)(F)F. The fraction of sp³-hybridized carbons (Fsp3) is 0.133. The van der Waals surface area contributed by atoms with Gasteiger partial charge in [-0.3, -0.25) is 4.79 Å². The summed E-state index contributed by atoms with van der Waals surface area (Å²) in [6, 6.07) is 7.02. The van der Waals surface area contributed by atoms with E-state index in [0.29, 0.717) is 6.07 Å². The van der Waals surface area contributed by atoms with Crippen LogP contribution >= 0.6 is 11.6 Å². The largest absolute Gasteiger partial charge is 0.573 e. The number of hydrogen-bond acceptors (Lipinski definition) is 2. The zero-order chi connectivity index (χ0) is 18.1. The van der Waals surface area contributed by atoms with Crippen LogP contribution in [0.3, 0.4) is 0 Å². The molecule has 0 bridgehead atoms. The van der Waals surface area contributed by atoms with Gasteiger partial charge in [0.1, 0.15) is 5.75 Å². The quantitative estimate of drug-likeness (QED) is 0.517. The summed E-state index contributed by atoms with van der Waals surface area (Å²) in [6.07, 6.45) is -9.70. The van der Waals surface area contributed by atoms with Gasteiger partial charge in [-0.2, -0.15) is 13.2 Å². The first-order valence-corrected chi connectivity index (χ1v) is 6.63. The summed E-state index contributed by atoms with van der Waals surface area (Å²) >= 11 is 5.28. The Hall–Kier alpha value is -2.22. The maximum atomic E-state index is 13.0. The number of rotatable bonds is 3. The highest BCUT2D eigenvalue weighted by molar-refractivity contribution is 6.68. The van der Waals surface area contributed by atoms with Crippen LogP contribution in [0.4, 0.5) is 26.3 Å². The molecule has 24 heavy (non-hydrogen) atoms. The third-order valence-electron chi connectivity index (χ3n) is 2.97. The van der Waals surface area contributed by atoms with E-state index in [1.807, 2.05) is 0 Å². The summed E-state index contributed by atoms with van der Waals surface area (Å²) < 4.78 is 79.0. The number of hydrogen-bond donors (Lipinski definition) is 0. The van der Waals surface area contributed by atoms with Crippen molar-refractivity contribution < 1.29 is 35.9 Å². The van der Waals surface area contributed by atoms with Crippen LogP contribution in [0.5, 0.6) is 5.75 Å². The van der Waals surface area contributed by atoms with Gasteiger partial charge in [-0.25, -0.2) is 0 Å². The van der Waals surface area contributed by atoms with E-state index in [9.17, 15) is 31.1 Å². The Bertz CT molecular complexity index is 750. The van der Waals surface area contributed by atoms with Crippen molar-refractivity contribution in [2.75, 3.05) is 0 Å². The fourth-order valence-corrected chi connectivity index (χ4v) is 2.28. The summed E-state index contributed by atoms with van der Waals surface area (Å²) in [6.45, 7) is 0. The lowest BCUT2D eigenvalue weighted by molar-refractivity contribution is -0.274. The third kappa shape index (κ3) is 4.19. The summed E-state index contributed by atoms with van der Waals surface area (Å²) in [5.74, 6) is -0.544. The molecule has 0 unspecified atom stereocenters. The lowest BCUT2D eigenvalue weighted by atomic mass is 9.95. The Labute approximate surface area is 136 Å². The molecule has 0 fully saturated rings. The Morgan fingerprint density at radius 2 is 1.50 bits per heavy atom. The first-order valence-electron chi connectivity index (χ1n) is 6.25. The van der Waals surface area contributed by atoms with Crippen molar-refractivity contribution in [2.24, 2.45) is 0 Å². The van der Waals surface area contributed by atoms with Crippen molar-refractivity contribution in [1.29, 1.82) is 0 Å². The van der Waals surface area contributed by atoms with Crippen molar-refractivity contribution in [2.45, 2.75) is 12.5 Å². The number of halogens is 7. The smallest absolute Gasteiger partial charge is 0.406 e. The summed E-state index contributed by atoms with van der Waals surface area (Å²) in [4.78, 5) is 11.5. The van der Waals surface area contributed by atoms with Gasteiger partial charge in [-0.1, -0.05) is 24.3 Å². The highest BCUT2D eigenvalue weighted by Crippen LogP contribution is 2.38. The Morgan fingerprint density at radius 3 is 1.96 bits per heavy atom. The molecule has 0 saturated carbocycles. The van der Waals surface area contributed by atoms with E-state index in [2.05, 4.69) is 4.74 Å². The van der Waals surface area contributed by atoms with Crippen molar-refractivity contribution in [1.82, 2.24) is 0 Å². The Kier molecular flexibility index (Phi) is 4.80. The van der Waals surface area contributed by atoms with Crippen LogP contribution in [0.15, 0.2) is 42.5 Å². The highest BCUT2D eigenvalue weighted by atomic mass is 35.5. The van der Waals surface area contributed by atoms with Crippen molar-refractivity contribution >= 4 is 16.8 Å². The van der Waals surface area contributed by atoms with Gasteiger partial charge in [0.2, 0.25) is 0 Å². The lowest BCUT2D eigenvalue weighted by Crippen LogP contribution is -2.17. The van der Waals surface area contributed by atoms with Gasteiger partial charge < -0.3 is 4.74 Å². The minimum atomic E-state index is -4.89. The molecule has 2 aromatic rings. The molecule has 0 aliphatic heterocycles. The Morgan fingerprint density at radius 1 is 0.917 bits per heavy atom. The average molecular weight is 369 g/mol. The zero-order valence-electron chi connectivity index (χ0n) is 11.5. The van der Waals surface area contributed by atoms with Gasteiger partial charge in [0.25, 0.3) is 5.24 Å². The van der Waals surface area contributed by atoms with Crippen LogP contribution in [-0.2, 0) is 6.18 Å². The van der Waals surface area contributed by atoms with Gasteiger partial charge in [-0.15, -0.1) is 13.2 Å². The molecule has 0 radical (unpaired) electrons. The van der Waals surface area contributed by atoms with Crippen LogP contribution < -0.4 is 4.74 Å². The molecule has 9 heteroatoms. The molecule has 0 saturated heterocycles. The van der Waals surface area contributed by atoms with E-state index in [1.165, 1.54) is 6.07 Å². The third-order valence-corrected chi connectivity index (χ3v) is 3.15. The summed E-state index contributed by atoms with van der Waals surface area (Å²) in [7, 11) is 0. The molecule has 0 N–H and O–H groups in total. The highest BCUT2D eigenvalue weighted by Gasteiger charge is 2.36. The van der Waals surface area contributed by atoms with Crippen LogP contribution in [0.25, 0.3) is 11.1 Å². The minimum Gasteiger partial charge on any atom is -0.406 e. The maximum Gasteiger partial charge on any atom is 0.573 e. The molecular formula is C15H7ClF6O2. The van der Waals surface area contributed by atoms with Crippen LogP contribution in [-0.4, -0.2) is 11.6 Å². The molecule has 0 atom stereocenters. The van der Waals surface area contributed by atoms with Crippen LogP contribution in [0, 0.1) is 0 Å². The predicted octanol–water partition coefficient (Wildman–Crippen LogP) is 5.65. The maximum absolute atomic E-state index is 13.0. The molecule has 0 amide bonds. The van der Waals surface area contributed by atoms with E-state index in [1.54, 1.807) is 0 Å². The van der Waals surface area contributed by atoms with Gasteiger partial charge in [0, 0.05) is 0 Å². The number of carbonyl (C=O) groups is 1. The second-order valence-corrected chi connectivity index (χ2v) is 4.92. The van der Waals surface area contributed by atoms with Gasteiger partial charge >= 0.3 is 12.5 Å². The first kappa shape index (κ1) is 18.1. The van der Waals surface area contributed by atoms with E-state index in [4.69, 9.17) is 11.6 Å². The topological polar surface area (TPSA) is 26.3 Å². The fourth-order valence-electron chi connectivity index (χ4n) is 2.08. The summed E-state index contributed by atoms with van der Waals surface area (Å²) in [5, 5.41) is -1.33.